The molecule has 2 heterocycles. The van der Waals surface area contributed by atoms with Gasteiger partial charge in [-0.1, -0.05) is 66.5 Å². The minimum absolute atomic E-state index is 0.0882. The second kappa shape index (κ2) is 10.2. The van der Waals surface area contributed by atoms with E-state index in [0.29, 0.717) is 32.8 Å². The highest BCUT2D eigenvalue weighted by Gasteiger charge is 2.23. The molecule has 0 bridgehead atoms. The van der Waals surface area contributed by atoms with Gasteiger partial charge in [-0.3, -0.25) is 4.98 Å². The Morgan fingerprint density at radius 3 is 2.43 bits per heavy atom. The highest BCUT2D eigenvalue weighted by Crippen LogP contribution is 2.39. The maximum Gasteiger partial charge on any atom is 0.337 e. The molecular weight excluding hydrogens is 511 g/mol. The summed E-state index contributed by atoms with van der Waals surface area (Å²) >= 11 is 12.9. The normalized spacial score (nSPS) is 11.3. The van der Waals surface area contributed by atoms with Crippen molar-refractivity contribution < 1.29 is 19.2 Å². The lowest BCUT2D eigenvalue weighted by Gasteiger charge is -2.12. The first-order chi connectivity index (χ1) is 17.8. The largest absolute Gasteiger partial charge is 0.489 e. The number of ether oxygens (including phenoxy) is 1. The fourth-order valence-electron chi connectivity index (χ4n) is 4.20. The molecule has 0 aliphatic heterocycles. The van der Waals surface area contributed by atoms with Gasteiger partial charge in [-0.05, 0) is 52.7 Å². The highest BCUT2D eigenvalue weighted by atomic mass is 35.5. The van der Waals surface area contributed by atoms with Gasteiger partial charge in [0.25, 0.3) is 0 Å². The molecule has 8 heteroatoms. The Labute approximate surface area is 223 Å². The average molecular weight is 533 g/mol. The number of aromatic carboxylic acids is 1. The molecule has 5 rings (SSSR count). The first-order valence-corrected chi connectivity index (χ1v) is 12.4. The molecule has 0 radical (unpaired) electrons. The zero-order valence-electron chi connectivity index (χ0n) is 20.0. The van der Waals surface area contributed by atoms with Crippen molar-refractivity contribution in [2.45, 2.75) is 26.4 Å². The smallest absolute Gasteiger partial charge is 0.337 e. The number of rotatable bonds is 7. The average Bonchev–Trinajstić information content (AvgIpc) is 3.31. The SMILES string of the molecule is CC(C)c1onc(-c2c(Cl)cccc2Cl)c1COc1ccc2cc(-c3cncc(C(=O)O)c3)ccc2c1. The van der Waals surface area contributed by atoms with Crippen LogP contribution >= 0.6 is 23.2 Å². The molecule has 5 aromatic rings. The first kappa shape index (κ1) is 24.8. The Bertz CT molecular complexity index is 1610. The van der Waals surface area contributed by atoms with Gasteiger partial charge in [0.2, 0.25) is 0 Å². The van der Waals surface area contributed by atoms with E-state index in [9.17, 15) is 9.90 Å². The van der Waals surface area contributed by atoms with E-state index in [2.05, 4.69) is 10.1 Å². The van der Waals surface area contributed by atoms with Gasteiger partial charge in [0, 0.05) is 29.4 Å². The Balaban J connectivity index is 1.43. The van der Waals surface area contributed by atoms with Gasteiger partial charge in [-0.2, -0.15) is 0 Å². The standard InChI is InChI=1S/C29H22Cl2N2O4/c1-16(2)28-23(27(33-37-28)26-24(30)4-3-5-25(26)31)15-36-22-9-8-17-10-18(6-7-19(17)12-22)20-11-21(29(34)35)14-32-13-20/h3-14,16H,15H2,1-2H3,(H,34,35). The molecule has 0 atom stereocenters. The number of benzene rings is 3. The predicted octanol–water partition coefficient (Wildman–Crippen LogP) is 8.26. The number of carboxylic acid groups (broad SMARTS) is 1. The summed E-state index contributed by atoms with van der Waals surface area (Å²) in [5.74, 6) is 0.478. The quantitative estimate of drug-likeness (QED) is 0.227. The van der Waals surface area contributed by atoms with E-state index in [1.165, 1.54) is 6.20 Å². The molecule has 37 heavy (non-hydrogen) atoms. The molecule has 1 N–H and O–H groups in total. The Morgan fingerprint density at radius 1 is 0.973 bits per heavy atom. The van der Waals surface area contributed by atoms with Crippen molar-refractivity contribution in [1.29, 1.82) is 0 Å². The molecule has 0 aliphatic carbocycles. The second-order valence-electron chi connectivity index (χ2n) is 8.91. The van der Waals surface area contributed by atoms with Crippen LogP contribution in [0.2, 0.25) is 10.0 Å². The van der Waals surface area contributed by atoms with E-state index < -0.39 is 5.97 Å². The molecule has 0 spiro atoms. The van der Waals surface area contributed by atoms with Gasteiger partial charge in [0.05, 0.1) is 21.2 Å². The zero-order valence-corrected chi connectivity index (χ0v) is 21.5. The summed E-state index contributed by atoms with van der Waals surface area (Å²) in [4.78, 5) is 15.4. The lowest BCUT2D eigenvalue weighted by Crippen LogP contribution is -2.01. The number of hydrogen-bond donors (Lipinski definition) is 1. The summed E-state index contributed by atoms with van der Waals surface area (Å²) in [6.45, 7) is 4.28. The van der Waals surface area contributed by atoms with E-state index in [0.717, 1.165) is 27.5 Å². The summed E-state index contributed by atoms with van der Waals surface area (Å²) in [6, 6.07) is 18.6. The Morgan fingerprint density at radius 2 is 1.70 bits per heavy atom. The van der Waals surface area contributed by atoms with Crippen molar-refractivity contribution in [1.82, 2.24) is 10.1 Å². The number of pyridine rings is 1. The number of nitrogens with zero attached hydrogens (tertiary/aromatic N) is 2. The van der Waals surface area contributed by atoms with E-state index in [1.807, 2.05) is 50.2 Å². The second-order valence-corrected chi connectivity index (χ2v) is 9.72. The molecule has 0 aliphatic rings. The fourth-order valence-corrected chi connectivity index (χ4v) is 4.78. The lowest BCUT2D eigenvalue weighted by molar-refractivity contribution is 0.0696. The van der Waals surface area contributed by atoms with Gasteiger partial charge in [-0.25, -0.2) is 4.79 Å². The maximum atomic E-state index is 11.3. The molecule has 0 saturated heterocycles. The number of carbonyl (C=O) groups is 1. The molecular formula is C29H22Cl2N2O4. The van der Waals surface area contributed by atoms with Crippen LogP contribution in [-0.4, -0.2) is 21.2 Å². The third-order valence-electron chi connectivity index (χ3n) is 6.06. The number of fused-ring (bicyclic) bond motifs is 1. The third-order valence-corrected chi connectivity index (χ3v) is 6.69. The first-order valence-electron chi connectivity index (χ1n) is 11.6. The van der Waals surface area contributed by atoms with Crippen LogP contribution in [0.1, 0.15) is 41.4 Å². The molecule has 2 aromatic heterocycles. The van der Waals surface area contributed by atoms with Crippen molar-refractivity contribution >= 4 is 39.9 Å². The third kappa shape index (κ3) is 5.03. The van der Waals surface area contributed by atoms with Gasteiger partial charge in [0.15, 0.2) is 0 Å². The molecule has 186 valence electrons. The van der Waals surface area contributed by atoms with Crippen LogP contribution in [0.4, 0.5) is 0 Å². The van der Waals surface area contributed by atoms with Gasteiger partial charge in [-0.15, -0.1) is 0 Å². The topological polar surface area (TPSA) is 85.5 Å². The fraction of sp³-hybridized carbons (Fsp3) is 0.138. The highest BCUT2D eigenvalue weighted by molar-refractivity contribution is 6.39. The van der Waals surface area contributed by atoms with Crippen LogP contribution in [0.3, 0.4) is 0 Å². The number of aromatic nitrogens is 2. The number of halogens is 2. The molecule has 3 aromatic carbocycles. The zero-order chi connectivity index (χ0) is 26.1. The minimum atomic E-state index is -1.01. The van der Waals surface area contributed by atoms with Gasteiger partial charge >= 0.3 is 5.97 Å². The Hall–Kier alpha value is -3.87. The van der Waals surface area contributed by atoms with Gasteiger partial charge < -0.3 is 14.4 Å². The molecule has 0 fully saturated rings. The molecule has 6 nitrogen and oxygen atoms in total. The Kier molecular flexibility index (Phi) is 6.87. The molecule has 0 unspecified atom stereocenters. The predicted molar refractivity (Wildman–Crippen MR) is 145 cm³/mol. The van der Waals surface area contributed by atoms with Gasteiger partial charge in [0.1, 0.15) is 23.8 Å². The molecule has 0 amide bonds. The van der Waals surface area contributed by atoms with Crippen molar-refractivity contribution in [2.75, 3.05) is 0 Å². The van der Waals surface area contributed by atoms with Crippen molar-refractivity contribution in [3.05, 3.63) is 100.0 Å². The van der Waals surface area contributed by atoms with Crippen molar-refractivity contribution in [3.63, 3.8) is 0 Å². The molecule has 0 saturated carbocycles. The number of carboxylic acids is 1. The summed E-state index contributed by atoms with van der Waals surface area (Å²) in [5.41, 5.74) is 3.75. The van der Waals surface area contributed by atoms with E-state index in [4.69, 9.17) is 32.5 Å². The monoisotopic (exact) mass is 532 g/mol. The van der Waals surface area contributed by atoms with E-state index in [1.54, 1.807) is 30.5 Å². The van der Waals surface area contributed by atoms with E-state index in [-0.39, 0.29) is 18.1 Å². The van der Waals surface area contributed by atoms with Crippen molar-refractivity contribution in [2.24, 2.45) is 0 Å². The number of hydrogen-bond acceptors (Lipinski definition) is 5. The summed E-state index contributed by atoms with van der Waals surface area (Å²) in [6.07, 6.45) is 2.99. The minimum Gasteiger partial charge on any atom is -0.489 e. The van der Waals surface area contributed by atoms with Crippen LogP contribution in [0, 0.1) is 0 Å². The van der Waals surface area contributed by atoms with Crippen LogP contribution < -0.4 is 4.74 Å². The summed E-state index contributed by atoms with van der Waals surface area (Å²) in [5, 5.41) is 16.5. The lowest BCUT2D eigenvalue weighted by atomic mass is 10.0. The van der Waals surface area contributed by atoms with Crippen LogP contribution in [-0.2, 0) is 6.61 Å². The van der Waals surface area contributed by atoms with Crippen LogP contribution in [0.5, 0.6) is 5.75 Å². The van der Waals surface area contributed by atoms with Crippen LogP contribution in [0.25, 0.3) is 33.2 Å². The summed E-state index contributed by atoms with van der Waals surface area (Å²) < 4.78 is 11.9. The van der Waals surface area contributed by atoms with Crippen LogP contribution in [0.15, 0.2) is 77.6 Å². The summed E-state index contributed by atoms with van der Waals surface area (Å²) in [7, 11) is 0. The van der Waals surface area contributed by atoms with E-state index >= 15 is 0 Å². The maximum absolute atomic E-state index is 11.3. The van der Waals surface area contributed by atoms with Crippen molar-refractivity contribution in [3.8, 4) is 28.1 Å².